The van der Waals surface area contributed by atoms with Crippen molar-refractivity contribution in [3.05, 3.63) is 77.0 Å². The van der Waals surface area contributed by atoms with E-state index < -0.39 is 0 Å². The van der Waals surface area contributed by atoms with Crippen molar-refractivity contribution in [2.45, 2.75) is 26.4 Å². The van der Waals surface area contributed by atoms with Gasteiger partial charge in [0.05, 0.1) is 19.0 Å². The van der Waals surface area contributed by atoms with Crippen LogP contribution in [-0.4, -0.2) is 40.8 Å². The molecule has 0 spiro atoms. The maximum Gasteiger partial charge on any atom is 0.135 e. The molecule has 0 fully saturated rings. The van der Waals surface area contributed by atoms with Gasteiger partial charge in [-0.15, -0.1) is 0 Å². The Morgan fingerprint density at radius 2 is 1.85 bits per heavy atom. The summed E-state index contributed by atoms with van der Waals surface area (Å²) in [6, 6.07) is 9.66. The molecule has 4 aromatic rings. The minimum absolute atomic E-state index is 0.235. The number of anilines is 1. The first kappa shape index (κ1) is 21.3. The lowest BCUT2D eigenvalue weighted by atomic mass is 9.96. The Morgan fingerprint density at radius 1 is 1.03 bits per heavy atom. The van der Waals surface area contributed by atoms with Gasteiger partial charge in [0.25, 0.3) is 0 Å². The van der Waals surface area contributed by atoms with E-state index in [1.165, 1.54) is 17.2 Å². The summed E-state index contributed by atoms with van der Waals surface area (Å²) in [6.45, 7) is 3.91. The van der Waals surface area contributed by atoms with Gasteiger partial charge in [0.1, 0.15) is 17.4 Å². The molecule has 33 heavy (non-hydrogen) atoms. The number of halogens is 1. The average molecular weight is 444 g/mol. The van der Waals surface area contributed by atoms with Crippen molar-refractivity contribution < 1.29 is 9.13 Å². The lowest BCUT2D eigenvalue weighted by Crippen LogP contribution is -2.10. The number of ether oxygens (including phenoxy) is 1. The van der Waals surface area contributed by atoms with Crippen molar-refractivity contribution >= 4 is 16.6 Å². The fourth-order valence-corrected chi connectivity index (χ4v) is 4.52. The molecular weight excluding hydrogens is 417 g/mol. The van der Waals surface area contributed by atoms with Gasteiger partial charge in [-0.3, -0.25) is 0 Å². The van der Waals surface area contributed by atoms with E-state index in [0.29, 0.717) is 31.0 Å². The standard InChI is InChI=1S/C26H26FN5O/c1-16-10-17(15-32(2)3)4-5-18(16)20-11-28-26(23-14-31-30-13-21(20)23)29-12-22-19-8-9-33-25(19)7-6-24(22)27/h4-7,10-11,13-14H,8-9,12,15H2,1-3H3,(H,28,29). The quantitative estimate of drug-likeness (QED) is 0.464. The summed E-state index contributed by atoms with van der Waals surface area (Å²) in [6.07, 6.45) is 6.04. The van der Waals surface area contributed by atoms with Gasteiger partial charge in [-0.25, -0.2) is 9.37 Å². The first-order valence-electron chi connectivity index (χ1n) is 11.0. The maximum atomic E-state index is 14.6. The van der Waals surface area contributed by atoms with Crippen LogP contribution in [-0.2, 0) is 19.5 Å². The molecule has 5 rings (SSSR count). The Kier molecular flexibility index (Phi) is 5.64. The van der Waals surface area contributed by atoms with E-state index >= 15 is 0 Å². The van der Waals surface area contributed by atoms with E-state index in [0.717, 1.165) is 39.8 Å². The Balaban J connectivity index is 1.49. The smallest absolute Gasteiger partial charge is 0.135 e. The summed E-state index contributed by atoms with van der Waals surface area (Å²) in [5.74, 6) is 1.18. The molecule has 3 heterocycles. The van der Waals surface area contributed by atoms with Crippen LogP contribution in [0.5, 0.6) is 5.75 Å². The number of nitrogens with zero attached hydrogens (tertiary/aromatic N) is 4. The van der Waals surface area contributed by atoms with Crippen molar-refractivity contribution in [1.82, 2.24) is 20.1 Å². The largest absolute Gasteiger partial charge is 0.493 e. The molecule has 168 valence electrons. The highest BCUT2D eigenvalue weighted by molar-refractivity contribution is 6.01. The van der Waals surface area contributed by atoms with E-state index in [4.69, 9.17) is 9.72 Å². The monoisotopic (exact) mass is 443 g/mol. The van der Waals surface area contributed by atoms with Crippen molar-refractivity contribution in [2.24, 2.45) is 0 Å². The van der Waals surface area contributed by atoms with Crippen molar-refractivity contribution in [3.8, 4) is 16.9 Å². The first-order chi connectivity index (χ1) is 16.0. The zero-order valence-corrected chi connectivity index (χ0v) is 19.0. The van der Waals surface area contributed by atoms with Gasteiger partial charge in [0.2, 0.25) is 0 Å². The molecular formula is C26H26FN5O. The van der Waals surface area contributed by atoms with Crippen LogP contribution in [0.2, 0.25) is 0 Å². The molecule has 0 radical (unpaired) electrons. The summed E-state index contributed by atoms with van der Waals surface area (Å²) >= 11 is 0. The fraction of sp³-hybridized carbons (Fsp3) is 0.269. The highest BCUT2D eigenvalue weighted by Crippen LogP contribution is 2.34. The van der Waals surface area contributed by atoms with Gasteiger partial charge in [0, 0.05) is 53.2 Å². The lowest BCUT2D eigenvalue weighted by molar-refractivity contribution is 0.356. The number of aryl methyl sites for hydroxylation is 1. The van der Waals surface area contributed by atoms with Crippen molar-refractivity contribution in [3.63, 3.8) is 0 Å². The Labute approximate surface area is 192 Å². The lowest BCUT2D eigenvalue weighted by Gasteiger charge is -2.16. The Hall–Kier alpha value is -3.58. The summed E-state index contributed by atoms with van der Waals surface area (Å²) < 4.78 is 20.2. The zero-order chi connectivity index (χ0) is 22.9. The third-order valence-electron chi connectivity index (χ3n) is 6.05. The average Bonchev–Trinajstić information content (AvgIpc) is 3.27. The van der Waals surface area contributed by atoms with E-state index in [9.17, 15) is 4.39 Å². The molecule has 0 atom stereocenters. The van der Waals surface area contributed by atoms with E-state index in [1.54, 1.807) is 18.5 Å². The minimum Gasteiger partial charge on any atom is -0.493 e. The second-order valence-electron chi connectivity index (χ2n) is 8.68. The third kappa shape index (κ3) is 4.12. The SMILES string of the molecule is Cc1cc(CN(C)C)ccc1-c1cnc(NCc2c(F)ccc3c2CCO3)c2cnncc12. The number of fused-ring (bicyclic) bond motifs is 2. The molecule has 0 saturated carbocycles. The number of rotatable bonds is 6. The highest BCUT2D eigenvalue weighted by Gasteiger charge is 2.20. The molecule has 0 saturated heterocycles. The van der Waals surface area contributed by atoms with Crippen LogP contribution in [0.25, 0.3) is 21.9 Å². The van der Waals surface area contributed by atoms with Gasteiger partial charge >= 0.3 is 0 Å². The van der Waals surface area contributed by atoms with Gasteiger partial charge in [0.15, 0.2) is 0 Å². The highest BCUT2D eigenvalue weighted by atomic mass is 19.1. The summed E-state index contributed by atoms with van der Waals surface area (Å²) in [7, 11) is 4.13. The molecule has 2 aromatic carbocycles. The Bertz CT molecular complexity index is 1340. The van der Waals surface area contributed by atoms with E-state index in [-0.39, 0.29) is 5.82 Å². The second kappa shape index (κ2) is 8.75. The molecule has 0 bridgehead atoms. The predicted molar refractivity (Wildman–Crippen MR) is 128 cm³/mol. The molecule has 6 nitrogen and oxygen atoms in total. The number of nitrogens with one attached hydrogen (secondary N) is 1. The summed E-state index contributed by atoms with van der Waals surface area (Å²) in [4.78, 5) is 6.84. The predicted octanol–water partition coefficient (Wildman–Crippen LogP) is 4.75. The van der Waals surface area contributed by atoms with Crippen LogP contribution in [0, 0.1) is 12.7 Å². The van der Waals surface area contributed by atoms with Crippen molar-refractivity contribution in [2.75, 3.05) is 26.0 Å². The van der Waals surface area contributed by atoms with Gasteiger partial charge in [-0.1, -0.05) is 18.2 Å². The molecule has 1 N–H and O–H groups in total. The zero-order valence-electron chi connectivity index (χ0n) is 19.0. The van der Waals surface area contributed by atoms with Crippen LogP contribution in [0.4, 0.5) is 10.2 Å². The van der Waals surface area contributed by atoms with Crippen LogP contribution < -0.4 is 10.1 Å². The van der Waals surface area contributed by atoms with Crippen LogP contribution in [0.1, 0.15) is 22.3 Å². The van der Waals surface area contributed by atoms with Gasteiger partial charge in [-0.2, -0.15) is 10.2 Å². The van der Waals surface area contributed by atoms with Crippen LogP contribution in [0.3, 0.4) is 0 Å². The van der Waals surface area contributed by atoms with Crippen LogP contribution >= 0.6 is 0 Å². The summed E-state index contributed by atoms with van der Waals surface area (Å²) in [5.41, 5.74) is 6.10. The normalized spacial score (nSPS) is 12.8. The summed E-state index contributed by atoms with van der Waals surface area (Å²) in [5, 5.41) is 13.3. The van der Waals surface area contributed by atoms with Gasteiger partial charge in [-0.05, 0) is 49.8 Å². The number of benzene rings is 2. The number of hydrogen-bond donors (Lipinski definition) is 1. The minimum atomic E-state index is -0.235. The molecule has 0 unspecified atom stereocenters. The number of aromatic nitrogens is 3. The van der Waals surface area contributed by atoms with E-state index in [1.807, 2.05) is 6.20 Å². The third-order valence-corrected chi connectivity index (χ3v) is 6.05. The van der Waals surface area contributed by atoms with Gasteiger partial charge < -0.3 is 15.0 Å². The number of pyridine rings is 1. The fourth-order valence-electron chi connectivity index (χ4n) is 4.52. The molecule has 7 heteroatoms. The molecule has 0 aliphatic carbocycles. The molecule has 0 amide bonds. The Morgan fingerprint density at radius 3 is 2.64 bits per heavy atom. The number of hydrogen-bond acceptors (Lipinski definition) is 6. The topological polar surface area (TPSA) is 63.2 Å². The van der Waals surface area contributed by atoms with E-state index in [2.05, 4.69) is 59.6 Å². The molecule has 1 aliphatic rings. The van der Waals surface area contributed by atoms with Crippen molar-refractivity contribution in [1.29, 1.82) is 0 Å². The molecule has 1 aliphatic heterocycles. The molecule has 2 aromatic heterocycles. The maximum absolute atomic E-state index is 14.6. The second-order valence-corrected chi connectivity index (χ2v) is 8.68. The van der Waals surface area contributed by atoms with Crippen LogP contribution in [0.15, 0.2) is 48.9 Å². The first-order valence-corrected chi connectivity index (χ1v) is 11.0.